The van der Waals surface area contributed by atoms with Gasteiger partial charge in [0, 0.05) is 5.02 Å². The van der Waals surface area contributed by atoms with Gasteiger partial charge in [0.15, 0.2) is 9.84 Å². The van der Waals surface area contributed by atoms with E-state index in [4.69, 9.17) is 23.2 Å². The minimum absolute atomic E-state index is 0.000407. The first kappa shape index (κ1) is 13.2. The van der Waals surface area contributed by atoms with E-state index in [1.165, 1.54) is 0 Å². The SMILES string of the molecule is Cc1ccc(C(Cl)C2CCS(=O)(=O)C2)cc1Cl. The molecule has 0 N–H and O–H groups in total. The van der Waals surface area contributed by atoms with Gasteiger partial charge in [-0.2, -0.15) is 0 Å². The molecule has 2 atom stereocenters. The summed E-state index contributed by atoms with van der Waals surface area (Å²) in [6.45, 7) is 1.93. The molecule has 0 radical (unpaired) electrons. The molecule has 1 aliphatic rings. The number of sulfone groups is 1. The van der Waals surface area contributed by atoms with Crippen LogP contribution in [0.2, 0.25) is 5.02 Å². The first-order valence-electron chi connectivity index (χ1n) is 5.49. The number of alkyl halides is 1. The molecule has 0 amide bonds. The molecule has 1 aromatic rings. The second-order valence-electron chi connectivity index (χ2n) is 4.57. The van der Waals surface area contributed by atoms with Gasteiger partial charge in [-0.25, -0.2) is 8.42 Å². The fraction of sp³-hybridized carbons (Fsp3) is 0.500. The fourth-order valence-corrected chi connectivity index (χ4v) is 4.59. The van der Waals surface area contributed by atoms with E-state index in [9.17, 15) is 8.42 Å². The normalized spacial score (nSPS) is 24.8. The third-order valence-corrected chi connectivity index (χ3v) is 6.01. The predicted molar refractivity (Wildman–Crippen MR) is 71.5 cm³/mol. The van der Waals surface area contributed by atoms with Crippen LogP contribution in [0, 0.1) is 12.8 Å². The lowest BCUT2D eigenvalue weighted by atomic mass is 9.97. The molecule has 1 heterocycles. The number of hydrogen-bond acceptors (Lipinski definition) is 2. The average Bonchev–Trinajstić information content (AvgIpc) is 2.62. The second kappa shape index (κ2) is 4.79. The summed E-state index contributed by atoms with van der Waals surface area (Å²) in [5.41, 5.74) is 1.91. The maximum atomic E-state index is 11.4. The topological polar surface area (TPSA) is 34.1 Å². The van der Waals surface area contributed by atoms with Gasteiger partial charge in [0.2, 0.25) is 0 Å². The van der Waals surface area contributed by atoms with Crippen LogP contribution in [-0.2, 0) is 9.84 Å². The molecule has 94 valence electrons. The van der Waals surface area contributed by atoms with Gasteiger partial charge in [-0.3, -0.25) is 0 Å². The van der Waals surface area contributed by atoms with E-state index >= 15 is 0 Å². The molecule has 0 aromatic heterocycles. The Morgan fingerprint density at radius 2 is 2.12 bits per heavy atom. The fourth-order valence-electron chi connectivity index (χ4n) is 2.11. The number of aryl methyl sites for hydroxylation is 1. The Morgan fingerprint density at radius 3 is 2.65 bits per heavy atom. The summed E-state index contributed by atoms with van der Waals surface area (Å²) in [5.74, 6) is 0.438. The molecule has 1 aromatic carbocycles. The van der Waals surface area contributed by atoms with Crippen LogP contribution < -0.4 is 0 Å². The zero-order valence-electron chi connectivity index (χ0n) is 9.49. The van der Waals surface area contributed by atoms with E-state index in [0.717, 1.165) is 11.1 Å². The van der Waals surface area contributed by atoms with Crippen molar-refractivity contribution in [2.24, 2.45) is 5.92 Å². The minimum Gasteiger partial charge on any atom is -0.229 e. The predicted octanol–water partition coefficient (Wildman–Crippen LogP) is 3.36. The Bertz CT molecular complexity index is 525. The van der Waals surface area contributed by atoms with Crippen LogP contribution in [-0.4, -0.2) is 19.9 Å². The summed E-state index contributed by atoms with van der Waals surface area (Å²) in [6, 6.07) is 5.67. The Hall–Kier alpha value is -0.250. The number of benzene rings is 1. The molecule has 0 saturated carbocycles. The van der Waals surface area contributed by atoms with Crippen LogP contribution in [0.25, 0.3) is 0 Å². The van der Waals surface area contributed by atoms with E-state index in [0.29, 0.717) is 11.4 Å². The highest BCUT2D eigenvalue weighted by Crippen LogP contribution is 2.37. The van der Waals surface area contributed by atoms with Crippen LogP contribution in [0.3, 0.4) is 0 Å². The monoisotopic (exact) mass is 292 g/mol. The smallest absolute Gasteiger partial charge is 0.150 e. The average molecular weight is 293 g/mol. The zero-order valence-corrected chi connectivity index (χ0v) is 11.8. The van der Waals surface area contributed by atoms with Crippen LogP contribution in [0.5, 0.6) is 0 Å². The van der Waals surface area contributed by atoms with Crippen molar-refractivity contribution in [3.63, 3.8) is 0 Å². The molecule has 2 rings (SSSR count). The Balaban J connectivity index is 2.20. The van der Waals surface area contributed by atoms with Crippen LogP contribution in [0.1, 0.15) is 22.9 Å². The molecular formula is C12H14Cl2O2S. The Morgan fingerprint density at radius 1 is 1.41 bits per heavy atom. The lowest BCUT2D eigenvalue weighted by Gasteiger charge is -2.16. The van der Waals surface area contributed by atoms with E-state index in [1.807, 2.05) is 25.1 Å². The van der Waals surface area contributed by atoms with Crippen molar-refractivity contribution < 1.29 is 8.42 Å². The number of halogens is 2. The summed E-state index contributed by atoms with van der Waals surface area (Å²) in [4.78, 5) is 0. The molecule has 2 unspecified atom stereocenters. The van der Waals surface area contributed by atoms with Gasteiger partial charge in [0.1, 0.15) is 0 Å². The minimum atomic E-state index is -2.88. The highest BCUT2D eigenvalue weighted by Gasteiger charge is 2.33. The summed E-state index contributed by atoms with van der Waals surface area (Å²) in [5, 5.41) is 0.402. The molecule has 0 spiro atoms. The van der Waals surface area contributed by atoms with Crippen molar-refractivity contribution in [2.45, 2.75) is 18.7 Å². The van der Waals surface area contributed by atoms with Crippen LogP contribution >= 0.6 is 23.2 Å². The van der Waals surface area contributed by atoms with Crippen molar-refractivity contribution in [1.29, 1.82) is 0 Å². The Kier molecular flexibility index (Phi) is 3.71. The molecule has 1 aliphatic heterocycles. The first-order chi connectivity index (χ1) is 7.89. The maximum absolute atomic E-state index is 11.4. The van der Waals surface area contributed by atoms with Gasteiger partial charge >= 0.3 is 0 Å². The van der Waals surface area contributed by atoms with Gasteiger partial charge in [-0.05, 0) is 36.5 Å². The lowest BCUT2D eigenvalue weighted by Crippen LogP contribution is -2.10. The van der Waals surface area contributed by atoms with Gasteiger partial charge < -0.3 is 0 Å². The third-order valence-electron chi connectivity index (χ3n) is 3.20. The van der Waals surface area contributed by atoms with Crippen molar-refractivity contribution in [3.05, 3.63) is 34.3 Å². The summed E-state index contributed by atoms with van der Waals surface area (Å²) in [7, 11) is -2.88. The number of hydrogen-bond donors (Lipinski definition) is 0. The summed E-state index contributed by atoms with van der Waals surface area (Å²) >= 11 is 12.4. The third kappa shape index (κ3) is 2.95. The number of rotatable bonds is 2. The molecule has 17 heavy (non-hydrogen) atoms. The van der Waals surface area contributed by atoms with Gasteiger partial charge in [-0.15, -0.1) is 11.6 Å². The zero-order chi connectivity index (χ0) is 12.6. The molecular weight excluding hydrogens is 279 g/mol. The van der Waals surface area contributed by atoms with E-state index in [-0.39, 0.29) is 22.8 Å². The highest BCUT2D eigenvalue weighted by atomic mass is 35.5. The van der Waals surface area contributed by atoms with Gasteiger partial charge in [0.25, 0.3) is 0 Å². The van der Waals surface area contributed by atoms with Crippen LogP contribution in [0.15, 0.2) is 18.2 Å². The Labute approximate surface area is 112 Å². The molecule has 1 saturated heterocycles. The molecule has 5 heteroatoms. The molecule has 2 nitrogen and oxygen atoms in total. The van der Waals surface area contributed by atoms with Gasteiger partial charge in [-0.1, -0.05) is 23.7 Å². The molecule has 0 bridgehead atoms. The lowest BCUT2D eigenvalue weighted by molar-refractivity contribution is 0.569. The standard InChI is InChI=1S/C12H14Cl2O2S/c1-8-2-3-9(6-11(8)13)12(14)10-4-5-17(15,16)7-10/h2-3,6,10,12H,4-5,7H2,1H3. The van der Waals surface area contributed by atoms with E-state index in [1.54, 1.807) is 0 Å². The van der Waals surface area contributed by atoms with E-state index in [2.05, 4.69) is 0 Å². The van der Waals surface area contributed by atoms with Crippen LogP contribution in [0.4, 0.5) is 0 Å². The summed E-state index contributed by atoms with van der Waals surface area (Å²) < 4.78 is 22.8. The highest BCUT2D eigenvalue weighted by molar-refractivity contribution is 7.91. The molecule has 1 fully saturated rings. The van der Waals surface area contributed by atoms with E-state index < -0.39 is 9.84 Å². The molecule has 0 aliphatic carbocycles. The maximum Gasteiger partial charge on any atom is 0.150 e. The summed E-state index contributed by atoms with van der Waals surface area (Å²) in [6.07, 6.45) is 0.641. The van der Waals surface area contributed by atoms with Gasteiger partial charge in [0.05, 0.1) is 16.9 Å². The van der Waals surface area contributed by atoms with Crippen molar-refractivity contribution in [3.8, 4) is 0 Å². The quantitative estimate of drug-likeness (QED) is 0.783. The van der Waals surface area contributed by atoms with Crippen molar-refractivity contribution in [1.82, 2.24) is 0 Å². The largest absolute Gasteiger partial charge is 0.229 e. The van der Waals surface area contributed by atoms with Crippen molar-refractivity contribution >= 4 is 33.0 Å². The first-order valence-corrected chi connectivity index (χ1v) is 8.13. The second-order valence-corrected chi connectivity index (χ2v) is 7.68. The van der Waals surface area contributed by atoms with Crippen molar-refractivity contribution in [2.75, 3.05) is 11.5 Å².